The smallest absolute Gasteiger partial charge is 0.269 e. The number of hydrogen-bond acceptors (Lipinski definition) is 5. The minimum Gasteiger partial charge on any atom is -0.352 e. The van der Waals surface area contributed by atoms with Gasteiger partial charge in [-0.15, -0.1) is 0 Å². The zero-order chi connectivity index (χ0) is 20.8. The van der Waals surface area contributed by atoms with Gasteiger partial charge in [0.2, 0.25) is 5.91 Å². The molecule has 0 spiro atoms. The quantitative estimate of drug-likeness (QED) is 0.569. The predicted octanol–water partition coefficient (Wildman–Crippen LogP) is 1.80. The minimum absolute atomic E-state index is 0.0843. The highest BCUT2D eigenvalue weighted by molar-refractivity contribution is 5.92. The van der Waals surface area contributed by atoms with Crippen LogP contribution in [0.5, 0.6) is 0 Å². The molecule has 0 aromatic carbocycles. The van der Waals surface area contributed by atoms with Gasteiger partial charge in [-0.05, 0) is 38.0 Å². The third-order valence-corrected chi connectivity index (χ3v) is 4.28. The van der Waals surface area contributed by atoms with Crippen molar-refractivity contribution in [2.75, 3.05) is 6.67 Å². The molecule has 0 aliphatic heterocycles. The second-order valence-electron chi connectivity index (χ2n) is 6.91. The van der Waals surface area contributed by atoms with Gasteiger partial charge >= 0.3 is 0 Å². The van der Waals surface area contributed by atoms with E-state index in [-0.39, 0.29) is 37.2 Å². The standard InChI is InChI=1S/C19H24FN7O2/c1-13(2)27-16(5-7-23-27)19(29)22-11-15-12-26-17(25-15)8-14(10-24-26)9-21-18(28)4-3-6-20/h5,7-8,10,12-13H,3-4,6,9,11H2,1-2H3,(H,21,28)(H,22,29). The Balaban J connectivity index is 1.60. The van der Waals surface area contributed by atoms with E-state index in [0.29, 0.717) is 23.6 Å². The van der Waals surface area contributed by atoms with Gasteiger partial charge in [0, 0.05) is 25.2 Å². The second-order valence-corrected chi connectivity index (χ2v) is 6.91. The van der Waals surface area contributed by atoms with Gasteiger partial charge in [0.05, 0.1) is 31.3 Å². The zero-order valence-electron chi connectivity index (χ0n) is 16.4. The van der Waals surface area contributed by atoms with E-state index in [1.54, 1.807) is 33.9 Å². The molecule has 3 aromatic heterocycles. The van der Waals surface area contributed by atoms with Crippen LogP contribution in [0.25, 0.3) is 5.65 Å². The van der Waals surface area contributed by atoms with Gasteiger partial charge in [0.1, 0.15) is 5.69 Å². The normalized spacial score (nSPS) is 11.2. The summed E-state index contributed by atoms with van der Waals surface area (Å²) in [7, 11) is 0. The first kappa shape index (κ1) is 20.4. The lowest BCUT2D eigenvalue weighted by atomic mass is 10.3. The van der Waals surface area contributed by atoms with E-state index in [1.165, 1.54) is 0 Å². The van der Waals surface area contributed by atoms with Crippen LogP contribution in [0.3, 0.4) is 0 Å². The number of nitrogens with zero attached hydrogens (tertiary/aromatic N) is 5. The van der Waals surface area contributed by atoms with Crippen LogP contribution >= 0.6 is 0 Å². The number of carbonyl (C=O) groups is 2. The molecule has 0 atom stereocenters. The molecule has 0 unspecified atom stereocenters. The van der Waals surface area contributed by atoms with Crippen molar-refractivity contribution in [2.24, 2.45) is 0 Å². The molecular weight excluding hydrogens is 377 g/mol. The summed E-state index contributed by atoms with van der Waals surface area (Å²) in [5.41, 5.74) is 2.54. The van der Waals surface area contributed by atoms with Crippen LogP contribution in [0.15, 0.2) is 30.7 Å². The summed E-state index contributed by atoms with van der Waals surface area (Å²) in [5, 5.41) is 14.0. The lowest BCUT2D eigenvalue weighted by molar-refractivity contribution is -0.121. The van der Waals surface area contributed by atoms with Gasteiger partial charge in [0.25, 0.3) is 5.91 Å². The van der Waals surface area contributed by atoms with E-state index < -0.39 is 6.67 Å². The van der Waals surface area contributed by atoms with Gasteiger partial charge in [0.15, 0.2) is 5.65 Å². The molecular formula is C19H24FN7O2. The van der Waals surface area contributed by atoms with Gasteiger partial charge in [-0.25, -0.2) is 9.50 Å². The monoisotopic (exact) mass is 401 g/mol. The molecule has 0 aliphatic rings. The summed E-state index contributed by atoms with van der Waals surface area (Å²) in [4.78, 5) is 28.5. The highest BCUT2D eigenvalue weighted by Gasteiger charge is 2.14. The van der Waals surface area contributed by atoms with Crippen molar-refractivity contribution < 1.29 is 14.0 Å². The maximum Gasteiger partial charge on any atom is 0.269 e. The highest BCUT2D eigenvalue weighted by Crippen LogP contribution is 2.09. The summed E-state index contributed by atoms with van der Waals surface area (Å²) in [6.45, 7) is 3.96. The molecule has 3 aromatic rings. The van der Waals surface area contributed by atoms with Crippen LogP contribution in [-0.4, -0.2) is 42.9 Å². The second kappa shape index (κ2) is 9.26. The molecule has 0 saturated heterocycles. The Labute approximate surface area is 167 Å². The topological polar surface area (TPSA) is 106 Å². The van der Waals surface area contributed by atoms with Crippen molar-refractivity contribution in [3.05, 3.63) is 47.7 Å². The number of aromatic nitrogens is 5. The van der Waals surface area contributed by atoms with Crippen LogP contribution in [0.2, 0.25) is 0 Å². The van der Waals surface area contributed by atoms with Crippen LogP contribution in [0.1, 0.15) is 54.5 Å². The van der Waals surface area contributed by atoms with Crippen molar-refractivity contribution in [1.29, 1.82) is 0 Å². The number of imidazole rings is 1. The van der Waals surface area contributed by atoms with Crippen LogP contribution in [0.4, 0.5) is 4.39 Å². The molecule has 9 nitrogen and oxygen atoms in total. The number of hydrogen-bond donors (Lipinski definition) is 2. The van der Waals surface area contributed by atoms with Crippen molar-refractivity contribution in [2.45, 2.75) is 45.8 Å². The van der Waals surface area contributed by atoms with E-state index >= 15 is 0 Å². The summed E-state index contributed by atoms with van der Waals surface area (Å²) in [5.74, 6) is -0.423. The number of nitrogens with one attached hydrogen (secondary N) is 2. The van der Waals surface area contributed by atoms with Crippen LogP contribution < -0.4 is 10.6 Å². The van der Waals surface area contributed by atoms with E-state index in [9.17, 15) is 14.0 Å². The van der Waals surface area contributed by atoms with Crippen molar-refractivity contribution in [3.63, 3.8) is 0 Å². The Bertz CT molecular complexity index is 996. The van der Waals surface area contributed by atoms with Crippen molar-refractivity contribution in [3.8, 4) is 0 Å². The molecule has 0 radical (unpaired) electrons. The van der Waals surface area contributed by atoms with Gasteiger partial charge < -0.3 is 10.6 Å². The SMILES string of the molecule is CC(C)n1nccc1C(=O)NCc1cn2ncc(CNC(=O)CCCF)cc2n1. The first-order valence-corrected chi connectivity index (χ1v) is 9.45. The molecule has 10 heteroatoms. The van der Waals surface area contributed by atoms with Crippen molar-refractivity contribution in [1.82, 2.24) is 35.0 Å². The number of alkyl halides is 1. The fourth-order valence-corrected chi connectivity index (χ4v) is 2.83. The fraction of sp³-hybridized carbons (Fsp3) is 0.421. The summed E-state index contributed by atoms with van der Waals surface area (Å²) >= 11 is 0. The first-order valence-electron chi connectivity index (χ1n) is 9.45. The molecule has 2 amide bonds. The van der Waals surface area contributed by atoms with E-state index in [4.69, 9.17) is 0 Å². The summed E-state index contributed by atoms with van der Waals surface area (Å²) < 4.78 is 15.4. The highest BCUT2D eigenvalue weighted by atomic mass is 19.1. The Morgan fingerprint density at radius 3 is 2.79 bits per heavy atom. The largest absolute Gasteiger partial charge is 0.352 e. The maximum absolute atomic E-state index is 12.4. The number of halogens is 1. The molecule has 0 bridgehead atoms. The van der Waals surface area contributed by atoms with Crippen molar-refractivity contribution >= 4 is 17.5 Å². The Morgan fingerprint density at radius 1 is 1.21 bits per heavy atom. The van der Waals surface area contributed by atoms with E-state index in [1.807, 2.05) is 19.9 Å². The third kappa shape index (κ3) is 5.15. The average Bonchev–Trinajstić information content (AvgIpc) is 3.35. The molecule has 0 aliphatic carbocycles. The van der Waals surface area contributed by atoms with Gasteiger partial charge in [-0.3, -0.25) is 18.7 Å². The molecule has 3 heterocycles. The maximum atomic E-state index is 12.4. The van der Waals surface area contributed by atoms with E-state index in [2.05, 4.69) is 25.8 Å². The Hall–Kier alpha value is -3.30. The number of fused-ring (bicyclic) bond motifs is 1. The van der Waals surface area contributed by atoms with Gasteiger partial charge in [-0.1, -0.05) is 0 Å². The Kier molecular flexibility index (Phi) is 6.53. The lowest BCUT2D eigenvalue weighted by Crippen LogP contribution is -2.26. The van der Waals surface area contributed by atoms with Crippen LogP contribution in [-0.2, 0) is 17.9 Å². The molecule has 154 valence electrons. The lowest BCUT2D eigenvalue weighted by Gasteiger charge is -2.10. The number of carbonyl (C=O) groups excluding carboxylic acids is 2. The van der Waals surface area contributed by atoms with E-state index in [0.717, 1.165) is 5.56 Å². The molecule has 0 saturated carbocycles. The molecule has 2 N–H and O–H groups in total. The Morgan fingerprint density at radius 2 is 2.03 bits per heavy atom. The predicted molar refractivity (Wildman–Crippen MR) is 104 cm³/mol. The number of amides is 2. The average molecular weight is 401 g/mol. The summed E-state index contributed by atoms with van der Waals surface area (Å²) in [6.07, 6.45) is 5.35. The minimum atomic E-state index is -0.506. The summed E-state index contributed by atoms with van der Waals surface area (Å²) in [6, 6.07) is 3.57. The third-order valence-electron chi connectivity index (χ3n) is 4.28. The molecule has 29 heavy (non-hydrogen) atoms. The fourth-order valence-electron chi connectivity index (χ4n) is 2.83. The van der Waals surface area contributed by atoms with Crippen LogP contribution in [0, 0.1) is 0 Å². The first-order chi connectivity index (χ1) is 14.0. The molecule has 3 rings (SSSR count). The molecule has 0 fully saturated rings. The zero-order valence-corrected chi connectivity index (χ0v) is 16.4. The van der Waals surface area contributed by atoms with Gasteiger partial charge in [-0.2, -0.15) is 10.2 Å². The number of rotatable bonds is 9.